The summed E-state index contributed by atoms with van der Waals surface area (Å²) in [5.74, 6) is 1.07. The highest BCUT2D eigenvalue weighted by atomic mass is 35.5. The van der Waals surface area contributed by atoms with Crippen LogP contribution in [-0.2, 0) is 17.8 Å². The Kier molecular flexibility index (Phi) is 10.2. The highest BCUT2D eigenvalue weighted by Crippen LogP contribution is 2.28. The minimum Gasteiger partial charge on any atom is -0.493 e. The van der Waals surface area contributed by atoms with Gasteiger partial charge in [0.2, 0.25) is 5.91 Å². The lowest BCUT2D eigenvalue weighted by Gasteiger charge is -2.28. The van der Waals surface area contributed by atoms with Crippen molar-refractivity contribution in [3.8, 4) is 11.5 Å². The predicted molar refractivity (Wildman–Crippen MR) is 145 cm³/mol. The number of aryl methyl sites for hydroxylation is 1. The minimum atomic E-state index is -0.172. The van der Waals surface area contributed by atoms with E-state index in [9.17, 15) is 9.59 Å². The first-order chi connectivity index (χ1) is 17.4. The van der Waals surface area contributed by atoms with Crippen LogP contribution in [0.4, 0.5) is 0 Å². The van der Waals surface area contributed by atoms with E-state index in [-0.39, 0.29) is 18.4 Å². The largest absolute Gasteiger partial charge is 0.493 e. The second-order valence-electron chi connectivity index (χ2n) is 8.52. The lowest BCUT2D eigenvalue weighted by Crippen LogP contribution is -2.43. The number of benzene rings is 2. The second kappa shape index (κ2) is 13.3. The first kappa shape index (κ1) is 27.6. The number of thiophene rings is 1. The monoisotopic (exact) mass is 528 g/mol. The molecule has 2 amide bonds. The van der Waals surface area contributed by atoms with Crippen molar-refractivity contribution in [2.45, 2.75) is 33.2 Å². The molecule has 2 aromatic carbocycles. The van der Waals surface area contributed by atoms with Gasteiger partial charge in [0, 0.05) is 28.6 Å². The zero-order valence-corrected chi connectivity index (χ0v) is 22.8. The zero-order chi connectivity index (χ0) is 26.1. The van der Waals surface area contributed by atoms with Gasteiger partial charge in [-0.2, -0.15) is 0 Å². The van der Waals surface area contributed by atoms with Crippen molar-refractivity contribution >= 4 is 34.8 Å². The summed E-state index contributed by atoms with van der Waals surface area (Å²) < 4.78 is 10.8. The van der Waals surface area contributed by atoms with E-state index in [0.29, 0.717) is 48.1 Å². The van der Waals surface area contributed by atoms with Crippen molar-refractivity contribution in [2.75, 3.05) is 33.9 Å². The molecule has 0 bridgehead atoms. The van der Waals surface area contributed by atoms with E-state index in [1.807, 2.05) is 35.4 Å². The van der Waals surface area contributed by atoms with Gasteiger partial charge in [0.05, 0.1) is 20.8 Å². The number of hydrogen-bond donors (Lipinski definition) is 0. The van der Waals surface area contributed by atoms with Crippen LogP contribution in [0.1, 0.15) is 39.7 Å². The predicted octanol–water partition coefficient (Wildman–Crippen LogP) is 5.85. The maximum absolute atomic E-state index is 13.6. The Hall–Kier alpha value is -3.03. The number of amides is 2. The Labute approximate surface area is 222 Å². The van der Waals surface area contributed by atoms with Gasteiger partial charge in [-0.3, -0.25) is 9.59 Å². The Morgan fingerprint density at radius 2 is 1.67 bits per heavy atom. The summed E-state index contributed by atoms with van der Waals surface area (Å²) in [5, 5.41) is 2.60. The molecule has 3 aromatic rings. The molecule has 8 heteroatoms. The number of methoxy groups -OCH3 is 2. The fourth-order valence-corrected chi connectivity index (χ4v) is 4.94. The minimum absolute atomic E-state index is 0.0195. The molecule has 0 aliphatic heterocycles. The molecule has 0 spiro atoms. The summed E-state index contributed by atoms with van der Waals surface area (Å²) in [5.41, 5.74) is 2.72. The molecule has 1 aromatic heterocycles. The van der Waals surface area contributed by atoms with Gasteiger partial charge in [0.25, 0.3) is 5.91 Å². The SMILES string of the molecule is CCCN(CC(=O)N(CCc1ccc(OC)c(OC)c1)Cc1sccc1C)C(=O)c1ccc(Cl)cc1. The van der Waals surface area contributed by atoms with Crippen molar-refractivity contribution in [1.29, 1.82) is 0 Å². The van der Waals surface area contributed by atoms with E-state index in [4.69, 9.17) is 21.1 Å². The quantitative estimate of drug-likeness (QED) is 0.296. The molecule has 36 heavy (non-hydrogen) atoms. The third kappa shape index (κ3) is 7.24. The molecule has 0 aliphatic carbocycles. The van der Waals surface area contributed by atoms with Crippen LogP contribution in [0.25, 0.3) is 0 Å². The highest BCUT2D eigenvalue weighted by Gasteiger charge is 2.23. The van der Waals surface area contributed by atoms with Gasteiger partial charge in [0.15, 0.2) is 11.5 Å². The molecule has 3 rings (SSSR count). The summed E-state index contributed by atoms with van der Waals surface area (Å²) in [6, 6.07) is 14.6. The fourth-order valence-electron chi connectivity index (χ4n) is 3.89. The van der Waals surface area contributed by atoms with Crippen LogP contribution < -0.4 is 9.47 Å². The number of hydrogen-bond acceptors (Lipinski definition) is 5. The number of halogens is 1. The summed E-state index contributed by atoms with van der Waals surface area (Å²) in [6.07, 6.45) is 1.40. The van der Waals surface area contributed by atoms with E-state index in [0.717, 1.165) is 22.4 Å². The maximum Gasteiger partial charge on any atom is 0.254 e. The zero-order valence-electron chi connectivity index (χ0n) is 21.3. The molecule has 0 saturated heterocycles. The first-order valence-electron chi connectivity index (χ1n) is 11.9. The Morgan fingerprint density at radius 1 is 0.944 bits per heavy atom. The standard InChI is InChI=1S/C28H33ClN2O4S/c1-5-14-31(28(33)22-7-9-23(29)10-8-22)19-27(32)30(18-26-20(2)13-16-36-26)15-12-21-6-11-24(34-3)25(17-21)35-4/h6-11,13,16-17H,5,12,14-15,18-19H2,1-4H3. The molecule has 192 valence electrons. The van der Waals surface area contributed by atoms with Crippen LogP contribution in [0.5, 0.6) is 11.5 Å². The van der Waals surface area contributed by atoms with E-state index >= 15 is 0 Å². The Morgan fingerprint density at radius 3 is 2.28 bits per heavy atom. The van der Waals surface area contributed by atoms with Crippen molar-refractivity contribution < 1.29 is 19.1 Å². The average molecular weight is 529 g/mol. The van der Waals surface area contributed by atoms with Crippen LogP contribution in [0.2, 0.25) is 5.02 Å². The van der Waals surface area contributed by atoms with Gasteiger partial charge < -0.3 is 19.3 Å². The Bertz CT molecular complexity index is 1160. The van der Waals surface area contributed by atoms with Gasteiger partial charge >= 0.3 is 0 Å². The van der Waals surface area contributed by atoms with Crippen molar-refractivity contribution in [2.24, 2.45) is 0 Å². The molecular formula is C28H33ClN2O4S. The van der Waals surface area contributed by atoms with Crippen LogP contribution in [0.15, 0.2) is 53.9 Å². The topological polar surface area (TPSA) is 59.1 Å². The van der Waals surface area contributed by atoms with Crippen molar-refractivity contribution in [3.05, 3.63) is 80.5 Å². The van der Waals surface area contributed by atoms with E-state index in [1.54, 1.807) is 54.7 Å². The molecule has 0 unspecified atom stereocenters. The summed E-state index contributed by atoms with van der Waals surface area (Å²) in [7, 11) is 3.21. The molecule has 0 fully saturated rings. The number of carbonyl (C=O) groups excluding carboxylic acids is 2. The smallest absolute Gasteiger partial charge is 0.254 e. The molecule has 0 atom stereocenters. The molecular weight excluding hydrogens is 496 g/mol. The van der Waals surface area contributed by atoms with Crippen LogP contribution in [0.3, 0.4) is 0 Å². The van der Waals surface area contributed by atoms with Gasteiger partial charge in [-0.15, -0.1) is 11.3 Å². The van der Waals surface area contributed by atoms with E-state index < -0.39 is 0 Å². The number of carbonyl (C=O) groups is 2. The molecule has 0 aliphatic rings. The number of rotatable bonds is 12. The lowest BCUT2D eigenvalue weighted by molar-refractivity contribution is -0.132. The van der Waals surface area contributed by atoms with Gasteiger partial charge in [-0.25, -0.2) is 0 Å². The van der Waals surface area contributed by atoms with Gasteiger partial charge in [-0.05, 0) is 78.7 Å². The first-order valence-corrected chi connectivity index (χ1v) is 13.2. The normalized spacial score (nSPS) is 10.7. The van der Waals surface area contributed by atoms with E-state index in [2.05, 4.69) is 13.0 Å². The van der Waals surface area contributed by atoms with Gasteiger partial charge in [-0.1, -0.05) is 24.6 Å². The number of ether oxygens (including phenoxy) is 2. The maximum atomic E-state index is 13.6. The van der Waals surface area contributed by atoms with Crippen molar-refractivity contribution in [3.63, 3.8) is 0 Å². The number of nitrogens with zero attached hydrogens (tertiary/aromatic N) is 2. The fraction of sp³-hybridized carbons (Fsp3) is 0.357. The van der Waals surface area contributed by atoms with Crippen LogP contribution >= 0.6 is 22.9 Å². The molecule has 6 nitrogen and oxygen atoms in total. The summed E-state index contributed by atoms with van der Waals surface area (Å²) in [6.45, 7) is 5.58. The highest BCUT2D eigenvalue weighted by molar-refractivity contribution is 7.10. The molecule has 0 radical (unpaired) electrons. The molecule has 0 saturated carbocycles. The summed E-state index contributed by atoms with van der Waals surface area (Å²) >= 11 is 7.62. The van der Waals surface area contributed by atoms with Gasteiger partial charge in [0.1, 0.15) is 6.54 Å². The van der Waals surface area contributed by atoms with Crippen LogP contribution in [-0.4, -0.2) is 55.5 Å². The Balaban J connectivity index is 1.78. The average Bonchev–Trinajstić information content (AvgIpc) is 3.29. The van der Waals surface area contributed by atoms with Crippen molar-refractivity contribution in [1.82, 2.24) is 9.80 Å². The van der Waals surface area contributed by atoms with E-state index in [1.165, 1.54) is 0 Å². The molecule has 1 heterocycles. The second-order valence-corrected chi connectivity index (χ2v) is 9.95. The summed E-state index contributed by atoms with van der Waals surface area (Å²) in [4.78, 5) is 31.3. The third-order valence-electron chi connectivity index (χ3n) is 5.97. The van der Waals surface area contributed by atoms with Crippen LogP contribution in [0, 0.1) is 6.92 Å². The molecule has 0 N–H and O–H groups in total. The lowest BCUT2D eigenvalue weighted by atomic mass is 10.1. The third-order valence-corrected chi connectivity index (χ3v) is 7.23.